The summed E-state index contributed by atoms with van der Waals surface area (Å²) in [5.74, 6) is 0.349. The first kappa shape index (κ1) is 21.8. The molecule has 4 aromatic rings. The molecule has 34 heavy (non-hydrogen) atoms. The van der Waals surface area contributed by atoms with Gasteiger partial charge < -0.3 is 15.5 Å². The van der Waals surface area contributed by atoms with Gasteiger partial charge in [0.2, 0.25) is 5.95 Å². The van der Waals surface area contributed by atoms with Gasteiger partial charge in [0.15, 0.2) is 0 Å². The summed E-state index contributed by atoms with van der Waals surface area (Å²) < 4.78 is 1.75. The number of nitrogens with one attached hydrogen (secondary N) is 2. The number of amides is 1. The average Bonchev–Trinajstić information content (AvgIpc) is 3.26. The number of likely N-dealkylation sites (N-methyl/N-ethyl adjacent to an activating group) is 1. The number of carbonyl (C=O) groups excluding carboxylic acids is 1. The molecule has 2 aromatic heterocycles. The highest BCUT2D eigenvalue weighted by Gasteiger charge is 2.15. The van der Waals surface area contributed by atoms with Crippen LogP contribution < -0.4 is 10.6 Å². The molecule has 2 N–H and O–H groups in total. The fraction of sp³-hybridized carbons (Fsp3) is 0.231. The van der Waals surface area contributed by atoms with Gasteiger partial charge in [0.25, 0.3) is 5.91 Å². The lowest BCUT2D eigenvalue weighted by atomic mass is 9.99. The zero-order valence-electron chi connectivity index (χ0n) is 19.5. The topological polar surface area (TPSA) is 88.0 Å². The summed E-state index contributed by atoms with van der Waals surface area (Å²) in [5.41, 5.74) is 7.57. The highest BCUT2D eigenvalue weighted by atomic mass is 16.1. The second-order valence-corrected chi connectivity index (χ2v) is 8.76. The van der Waals surface area contributed by atoms with Crippen LogP contribution in [0.4, 0.5) is 17.3 Å². The van der Waals surface area contributed by atoms with Crippen LogP contribution in [-0.4, -0.2) is 44.1 Å². The first-order valence-electron chi connectivity index (χ1n) is 11.3. The summed E-state index contributed by atoms with van der Waals surface area (Å²) in [6, 6.07) is 13.5. The number of carbonyl (C=O) groups is 1. The standard InChI is InChI=1S/C26H27N7O/c1-17-13-27-26(31-24(17)21-14-28-33(3)16-21)30-22-7-5-19(6-8-22)25(34)29-23-9-4-18-10-11-32(2)15-20(18)12-23/h4-9,12-14,16H,10-11,15H2,1-3H3,(H,29,34)(H,27,30,31). The molecule has 1 aliphatic rings. The van der Waals surface area contributed by atoms with E-state index in [1.165, 1.54) is 11.1 Å². The number of aromatic nitrogens is 4. The van der Waals surface area contributed by atoms with Crippen LogP contribution in [0.25, 0.3) is 11.3 Å². The van der Waals surface area contributed by atoms with Gasteiger partial charge in [-0.15, -0.1) is 0 Å². The summed E-state index contributed by atoms with van der Waals surface area (Å²) in [7, 11) is 3.99. The van der Waals surface area contributed by atoms with E-state index in [1.807, 2.05) is 38.4 Å². The van der Waals surface area contributed by atoms with Crippen molar-refractivity contribution in [3.05, 3.63) is 83.3 Å². The van der Waals surface area contributed by atoms with Gasteiger partial charge in [-0.05, 0) is 73.5 Å². The van der Waals surface area contributed by atoms with Crippen molar-refractivity contribution in [1.29, 1.82) is 0 Å². The number of hydrogen-bond donors (Lipinski definition) is 2. The summed E-state index contributed by atoms with van der Waals surface area (Å²) in [5, 5.41) is 10.5. The summed E-state index contributed by atoms with van der Waals surface area (Å²) in [6.07, 6.45) is 6.54. The Morgan fingerprint density at radius 2 is 1.79 bits per heavy atom. The largest absolute Gasteiger partial charge is 0.324 e. The normalized spacial score (nSPS) is 13.4. The van der Waals surface area contributed by atoms with Gasteiger partial charge in [0, 0.05) is 55.0 Å². The molecule has 172 valence electrons. The van der Waals surface area contributed by atoms with Crippen molar-refractivity contribution in [2.24, 2.45) is 7.05 Å². The van der Waals surface area contributed by atoms with Crippen molar-refractivity contribution < 1.29 is 4.79 Å². The van der Waals surface area contributed by atoms with Crippen molar-refractivity contribution >= 4 is 23.2 Å². The Morgan fingerprint density at radius 3 is 2.56 bits per heavy atom. The molecular weight excluding hydrogens is 426 g/mol. The van der Waals surface area contributed by atoms with Crippen molar-refractivity contribution in [3.63, 3.8) is 0 Å². The quantitative estimate of drug-likeness (QED) is 0.472. The molecule has 3 heterocycles. The Labute approximate surface area is 198 Å². The van der Waals surface area contributed by atoms with E-state index in [9.17, 15) is 4.79 Å². The highest BCUT2D eigenvalue weighted by molar-refractivity contribution is 6.04. The van der Waals surface area contributed by atoms with Gasteiger partial charge in [-0.2, -0.15) is 5.10 Å². The maximum Gasteiger partial charge on any atom is 0.255 e. The molecule has 0 saturated carbocycles. The number of aryl methyl sites for hydroxylation is 2. The maximum atomic E-state index is 12.8. The van der Waals surface area contributed by atoms with Crippen molar-refractivity contribution in [3.8, 4) is 11.3 Å². The van der Waals surface area contributed by atoms with Crippen LogP contribution in [0.1, 0.15) is 27.0 Å². The van der Waals surface area contributed by atoms with Crippen molar-refractivity contribution in [2.75, 3.05) is 24.2 Å². The average molecular weight is 454 g/mol. The summed E-state index contributed by atoms with van der Waals surface area (Å²) >= 11 is 0. The Bertz CT molecular complexity index is 1340. The molecule has 8 nitrogen and oxygen atoms in total. The molecule has 0 fully saturated rings. The minimum atomic E-state index is -0.138. The number of hydrogen-bond acceptors (Lipinski definition) is 6. The predicted molar refractivity (Wildman–Crippen MR) is 133 cm³/mol. The second kappa shape index (κ2) is 9.07. The third-order valence-corrected chi connectivity index (χ3v) is 6.02. The molecule has 0 unspecified atom stereocenters. The van der Waals surface area contributed by atoms with Crippen LogP contribution in [0.15, 0.2) is 61.1 Å². The molecular formula is C26H27N7O. The lowest BCUT2D eigenvalue weighted by Crippen LogP contribution is -2.26. The predicted octanol–water partition coefficient (Wildman–Crippen LogP) is 4.17. The SMILES string of the molecule is Cc1cnc(Nc2ccc(C(=O)Nc3ccc4c(c3)CN(C)CC4)cc2)nc1-c1cnn(C)c1. The van der Waals surface area contributed by atoms with E-state index in [4.69, 9.17) is 0 Å². The van der Waals surface area contributed by atoms with Gasteiger partial charge in [-0.3, -0.25) is 9.48 Å². The molecule has 5 rings (SSSR count). The highest BCUT2D eigenvalue weighted by Crippen LogP contribution is 2.24. The van der Waals surface area contributed by atoms with Gasteiger partial charge in [-0.1, -0.05) is 6.07 Å². The molecule has 1 aliphatic heterocycles. The second-order valence-electron chi connectivity index (χ2n) is 8.76. The van der Waals surface area contributed by atoms with Crippen LogP contribution in [0.5, 0.6) is 0 Å². The lowest BCUT2D eigenvalue weighted by Gasteiger charge is -2.25. The molecule has 1 amide bonds. The molecule has 0 aliphatic carbocycles. The maximum absolute atomic E-state index is 12.8. The first-order chi connectivity index (χ1) is 16.4. The smallest absolute Gasteiger partial charge is 0.255 e. The molecule has 2 aromatic carbocycles. The number of fused-ring (bicyclic) bond motifs is 1. The number of anilines is 3. The Kier molecular flexibility index (Phi) is 5.81. The van der Waals surface area contributed by atoms with Gasteiger partial charge >= 0.3 is 0 Å². The molecule has 0 spiro atoms. The number of nitrogens with zero attached hydrogens (tertiary/aromatic N) is 5. The van der Waals surface area contributed by atoms with E-state index in [-0.39, 0.29) is 5.91 Å². The van der Waals surface area contributed by atoms with E-state index in [1.54, 1.807) is 29.2 Å². The third-order valence-electron chi connectivity index (χ3n) is 6.02. The molecule has 0 radical (unpaired) electrons. The van der Waals surface area contributed by atoms with Crippen LogP contribution in [0.2, 0.25) is 0 Å². The van der Waals surface area contributed by atoms with E-state index in [0.29, 0.717) is 11.5 Å². The molecule has 0 bridgehead atoms. The Balaban J connectivity index is 1.27. The third kappa shape index (κ3) is 4.67. The van der Waals surface area contributed by atoms with E-state index in [2.05, 4.69) is 49.8 Å². The number of benzene rings is 2. The van der Waals surface area contributed by atoms with E-state index in [0.717, 1.165) is 47.7 Å². The van der Waals surface area contributed by atoms with Crippen molar-refractivity contribution in [2.45, 2.75) is 19.9 Å². The van der Waals surface area contributed by atoms with Gasteiger partial charge in [0.1, 0.15) is 0 Å². The number of rotatable bonds is 5. The minimum Gasteiger partial charge on any atom is -0.324 e. The van der Waals surface area contributed by atoms with Gasteiger partial charge in [0.05, 0.1) is 11.9 Å². The summed E-state index contributed by atoms with van der Waals surface area (Å²) in [6.45, 7) is 3.95. The zero-order valence-corrected chi connectivity index (χ0v) is 19.5. The van der Waals surface area contributed by atoms with Crippen LogP contribution in [0, 0.1) is 6.92 Å². The monoisotopic (exact) mass is 453 g/mol. The summed E-state index contributed by atoms with van der Waals surface area (Å²) in [4.78, 5) is 24.1. The Morgan fingerprint density at radius 1 is 1.00 bits per heavy atom. The van der Waals surface area contributed by atoms with Crippen molar-refractivity contribution in [1.82, 2.24) is 24.6 Å². The van der Waals surface area contributed by atoms with E-state index < -0.39 is 0 Å². The van der Waals surface area contributed by atoms with Crippen LogP contribution >= 0.6 is 0 Å². The minimum absolute atomic E-state index is 0.138. The fourth-order valence-electron chi connectivity index (χ4n) is 4.15. The molecule has 8 heteroatoms. The van der Waals surface area contributed by atoms with E-state index >= 15 is 0 Å². The molecule has 0 saturated heterocycles. The Hall–Kier alpha value is -4.04. The fourth-order valence-corrected chi connectivity index (χ4v) is 4.15. The lowest BCUT2D eigenvalue weighted by molar-refractivity contribution is 0.102. The molecule has 0 atom stereocenters. The van der Waals surface area contributed by atoms with Crippen LogP contribution in [0.3, 0.4) is 0 Å². The van der Waals surface area contributed by atoms with Gasteiger partial charge in [-0.25, -0.2) is 9.97 Å². The van der Waals surface area contributed by atoms with Crippen LogP contribution in [-0.2, 0) is 20.0 Å². The first-order valence-corrected chi connectivity index (χ1v) is 11.3. The zero-order chi connectivity index (χ0) is 23.7.